The van der Waals surface area contributed by atoms with Crippen LogP contribution >= 0.6 is 0 Å². The van der Waals surface area contributed by atoms with Crippen LogP contribution in [0.15, 0.2) is 18.6 Å². The highest BCUT2D eigenvalue weighted by molar-refractivity contribution is 6.02. The van der Waals surface area contributed by atoms with Crippen LogP contribution < -0.4 is 0 Å². The molecule has 7 heteroatoms. The third-order valence-electron chi connectivity index (χ3n) is 3.39. The maximum atomic E-state index is 12.0. The van der Waals surface area contributed by atoms with Gasteiger partial charge in [-0.05, 0) is 0 Å². The van der Waals surface area contributed by atoms with E-state index in [1.165, 1.54) is 23.5 Å². The molecule has 0 spiro atoms. The lowest BCUT2D eigenvalue weighted by atomic mass is 10.1. The fourth-order valence-corrected chi connectivity index (χ4v) is 2.36. The predicted molar refractivity (Wildman–Crippen MR) is 62.8 cm³/mol. The number of amides is 3. The Kier molecular flexibility index (Phi) is 2.73. The zero-order valence-corrected chi connectivity index (χ0v) is 10.2. The van der Waals surface area contributed by atoms with Gasteiger partial charge in [0.2, 0.25) is 11.8 Å². The van der Waals surface area contributed by atoms with Crippen LogP contribution in [0.3, 0.4) is 0 Å². The maximum absolute atomic E-state index is 12.0. The molecule has 2 aliphatic heterocycles. The highest BCUT2D eigenvalue weighted by Gasteiger charge is 2.43. The van der Waals surface area contributed by atoms with Gasteiger partial charge in [-0.25, -0.2) is 4.98 Å². The molecule has 0 unspecified atom stereocenters. The first-order chi connectivity index (χ1) is 9.16. The molecule has 0 radical (unpaired) electrons. The summed E-state index contributed by atoms with van der Waals surface area (Å²) >= 11 is 0. The summed E-state index contributed by atoms with van der Waals surface area (Å²) in [7, 11) is 0. The van der Waals surface area contributed by atoms with E-state index in [0.717, 1.165) is 0 Å². The molecule has 0 N–H and O–H groups in total. The summed E-state index contributed by atoms with van der Waals surface area (Å²) in [5.41, 5.74) is 0.278. The topological polar surface area (TPSA) is 83.5 Å². The lowest BCUT2D eigenvalue weighted by Crippen LogP contribution is -2.62. The number of hydrogen-bond acceptors (Lipinski definition) is 5. The first kappa shape index (κ1) is 11.8. The Bertz CT molecular complexity index is 523. The average molecular weight is 260 g/mol. The smallest absolute Gasteiger partial charge is 0.274 e. The van der Waals surface area contributed by atoms with Crippen molar-refractivity contribution >= 4 is 17.7 Å². The van der Waals surface area contributed by atoms with E-state index in [0.29, 0.717) is 13.1 Å². The van der Waals surface area contributed by atoms with Crippen LogP contribution in [0, 0.1) is 0 Å². The molecule has 0 bridgehead atoms. The lowest BCUT2D eigenvalue weighted by Gasteiger charge is -2.42. The Morgan fingerprint density at radius 2 is 1.84 bits per heavy atom. The molecular weight excluding hydrogens is 248 g/mol. The van der Waals surface area contributed by atoms with Gasteiger partial charge in [-0.3, -0.25) is 24.3 Å². The highest BCUT2D eigenvalue weighted by Crippen LogP contribution is 2.23. The summed E-state index contributed by atoms with van der Waals surface area (Å²) in [6, 6.07) is -0.178. The Hall–Kier alpha value is -2.31. The Balaban J connectivity index is 1.63. The van der Waals surface area contributed by atoms with Crippen molar-refractivity contribution in [3.05, 3.63) is 24.3 Å². The van der Waals surface area contributed by atoms with Crippen LogP contribution in [0.1, 0.15) is 23.3 Å². The number of carbonyl (C=O) groups excluding carboxylic acids is 3. The van der Waals surface area contributed by atoms with Crippen molar-refractivity contribution in [3.8, 4) is 0 Å². The average Bonchev–Trinajstić information content (AvgIpc) is 2.70. The fraction of sp³-hybridized carbons (Fsp3) is 0.417. The normalized spacial score (nSPS) is 19.8. The third kappa shape index (κ3) is 1.96. The molecule has 1 aromatic heterocycles. The minimum Gasteiger partial charge on any atom is -0.333 e. The molecular formula is C12H12N4O3. The zero-order chi connectivity index (χ0) is 13.4. The highest BCUT2D eigenvalue weighted by atomic mass is 16.2. The van der Waals surface area contributed by atoms with Crippen LogP contribution in [0.5, 0.6) is 0 Å². The molecule has 3 rings (SSSR count). The number of carbonyl (C=O) groups is 3. The molecule has 3 amide bonds. The van der Waals surface area contributed by atoms with E-state index in [2.05, 4.69) is 9.97 Å². The first-order valence-corrected chi connectivity index (χ1v) is 6.07. The quantitative estimate of drug-likeness (QED) is 0.666. The van der Waals surface area contributed by atoms with Gasteiger partial charge in [0.25, 0.3) is 5.91 Å². The summed E-state index contributed by atoms with van der Waals surface area (Å²) in [4.78, 5) is 45.7. The maximum Gasteiger partial charge on any atom is 0.274 e. The van der Waals surface area contributed by atoms with Gasteiger partial charge in [-0.15, -0.1) is 0 Å². The van der Waals surface area contributed by atoms with Gasteiger partial charge >= 0.3 is 0 Å². The second-order valence-corrected chi connectivity index (χ2v) is 4.61. The van der Waals surface area contributed by atoms with Crippen molar-refractivity contribution in [1.29, 1.82) is 0 Å². The number of aromatic nitrogens is 2. The summed E-state index contributed by atoms with van der Waals surface area (Å²) in [6.07, 6.45) is 4.93. The summed E-state index contributed by atoms with van der Waals surface area (Å²) in [6.45, 7) is 0.764. The van der Waals surface area contributed by atoms with E-state index in [-0.39, 0.29) is 42.3 Å². The Labute approximate surface area is 109 Å². The van der Waals surface area contributed by atoms with Crippen molar-refractivity contribution < 1.29 is 14.4 Å². The van der Waals surface area contributed by atoms with E-state index in [1.54, 1.807) is 4.90 Å². The standard InChI is InChI=1S/C12H12N4O3/c17-10-1-2-11(18)16(10)8-6-15(7-8)12(19)9-5-13-3-4-14-9/h3-5,8H,1-2,6-7H2. The van der Waals surface area contributed by atoms with Crippen molar-refractivity contribution in [1.82, 2.24) is 19.8 Å². The Morgan fingerprint density at radius 3 is 2.42 bits per heavy atom. The minimum atomic E-state index is -0.219. The van der Waals surface area contributed by atoms with E-state index >= 15 is 0 Å². The van der Waals surface area contributed by atoms with Crippen molar-refractivity contribution in [2.45, 2.75) is 18.9 Å². The van der Waals surface area contributed by atoms with Crippen LogP contribution in [0.25, 0.3) is 0 Å². The van der Waals surface area contributed by atoms with E-state index in [1.807, 2.05) is 0 Å². The van der Waals surface area contributed by atoms with E-state index in [9.17, 15) is 14.4 Å². The molecule has 1 aromatic rings. The molecule has 7 nitrogen and oxygen atoms in total. The summed E-state index contributed by atoms with van der Waals surface area (Å²) in [5.74, 6) is -0.494. The molecule has 2 fully saturated rings. The van der Waals surface area contributed by atoms with E-state index < -0.39 is 0 Å². The van der Waals surface area contributed by atoms with Gasteiger partial charge in [0.05, 0.1) is 12.2 Å². The van der Waals surface area contributed by atoms with Gasteiger partial charge in [0.1, 0.15) is 5.69 Å². The predicted octanol–water partition coefficient (Wildman–Crippen LogP) is -0.550. The van der Waals surface area contributed by atoms with Crippen molar-refractivity contribution in [2.75, 3.05) is 13.1 Å². The lowest BCUT2D eigenvalue weighted by molar-refractivity contribution is -0.144. The number of rotatable bonds is 2. The largest absolute Gasteiger partial charge is 0.333 e. The molecule has 3 heterocycles. The number of hydrogen-bond donors (Lipinski definition) is 0. The number of imide groups is 1. The van der Waals surface area contributed by atoms with Crippen LogP contribution in [0.2, 0.25) is 0 Å². The van der Waals surface area contributed by atoms with Crippen LogP contribution in [-0.4, -0.2) is 56.6 Å². The number of nitrogens with zero attached hydrogens (tertiary/aromatic N) is 4. The van der Waals surface area contributed by atoms with Gasteiger partial charge in [0.15, 0.2) is 0 Å². The molecule has 0 aliphatic carbocycles. The molecule has 19 heavy (non-hydrogen) atoms. The van der Waals surface area contributed by atoms with Crippen molar-refractivity contribution in [3.63, 3.8) is 0 Å². The molecule has 2 saturated heterocycles. The van der Waals surface area contributed by atoms with E-state index in [4.69, 9.17) is 0 Å². The SMILES string of the molecule is O=C(c1cnccn1)N1CC(N2C(=O)CCC2=O)C1. The molecule has 2 aliphatic rings. The van der Waals surface area contributed by atoms with Crippen LogP contribution in [-0.2, 0) is 9.59 Å². The monoisotopic (exact) mass is 260 g/mol. The number of likely N-dealkylation sites (tertiary alicyclic amines) is 2. The van der Waals surface area contributed by atoms with Gasteiger partial charge in [0, 0.05) is 38.3 Å². The van der Waals surface area contributed by atoms with Crippen molar-refractivity contribution in [2.24, 2.45) is 0 Å². The van der Waals surface area contributed by atoms with Crippen LogP contribution in [0.4, 0.5) is 0 Å². The fourth-order valence-electron chi connectivity index (χ4n) is 2.36. The van der Waals surface area contributed by atoms with Gasteiger partial charge in [-0.2, -0.15) is 0 Å². The van der Waals surface area contributed by atoms with Gasteiger partial charge < -0.3 is 4.90 Å². The zero-order valence-electron chi connectivity index (χ0n) is 10.2. The second kappa shape index (κ2) is 4.42. The Morgan fingerprint density at radius 1 is 1.16 bits per heavy atom. The first-order valence-electron chi connectivity index (χ1n) is 6.07. The third-order valence-corrected chi connectivity index (χ3v) is 3.39. The molecule has 98 valence electrons. The molecule has 0 saturated carbocycles. The molecule has 0 aromatic carbocycles. The minimum absolute atomic E-state index is 0.137. The summed E-state index contributed by atoms with van der Waals surface area (Å²) < 4.78 is 0. The summed E-state index contributed by atoms with van der Waals surface area (Å²) in [5, 5.41) is 0. The van der Waals surface area contributed by atoms with Gasteiger partial charge in [-0.1, -0.05) is 0 Å². The second-order valence-electron chi connectivity index (χ2n) is 4.61. The molecule has 0 atom stereocenters.